The Kier molecular flexibility index (Phi) is 4.29. The van der Waals surface area contributed by atoms with Crippen molar-refractivity contribution in [2.45, 2.75) is 20.3 Å². The van der Waals surface area contributed by atoms with Crippen molar-refractivity contribution in [1.29, 1.82) is 0 Å². The maximum atomic E-state index is 12.3. The Hall–Kier alpha value is -2.07. The van der Waals surface area contributed by atoms with Gasteiger partial charge in [-0.15, -0.1) is 0 Å². The van der Waals surface area contributed by atoms with E-state index >= 15 is 0 Å². The van der Waals surface area contributed by atoms with Gasteiger partial charge < -0.3 is 14.1 Å². The second kappa shape index (κ2) is 6.36. The molecule has 1 saturated heterocycles. The van der Waals surface area contributed by atoms with Crippen molar-refractivity contribution in [2.75, 3.05) is 26.3 Å². The van der Waals surface area contributed by atoms with Crippen LogP contribution in [-0.4, -0.2) is 37.1 Å². The fourth-order valence-electron chi connectivity index (χ4n) is 2.89. The number of carbonyl (C=O) groups excluding carboxylic acids is 1. The number of benzene rings is 1. The molecule has 0 N–H and O–H groups in total. The van der Waals surface area contributed by atoms with Crippen molar-refractivity contribution in [3.05, 3.63) is 41.7 Å². The zero-order chi connectivity index (χ0) is 15.5. The predicted octanol–water partition coefficient (Wildman–Crippen LogP) is 3.26. The highest BCUT2D eigenvalue weighted by Gasteiger charge is 2.18. The Bertz CT molecular complexity index is 708. The van der Waals surface area contributed by atoms with E-state index in [1.807, 2.05) is 30.0 Å². The normalized spacial score (nSPS) is 16.3. The molecular formula is C18H21NO3. The average Bonchev–Trinajstić information content (AvgIpc) is 2.94. The molecule has 1 aromatic carbocycles. The second-order valence-electron chi connectivity index (χ2n) is 5.52. The van der Waals surface area contributed by atoms with Gasteiger partial charge in [-0.1, -0.05) is 25.1 Å². The molecule has 22 heavy (non-hydrogen) atoms. The monoisotopic (exact) mass is 299 g/mol. The highest BCUT2D eigenvalue weighted by Crippen LogP contribution is 2.31. The van der Waals surface area contributed by atoms with Gasteiger partial charge >= 0.3 is 0 Å². The molecule has 2 heterocycles. The molecule has 1 amide bonds. The molecule has 4 heteroatoms. The molecule has 116 valence electrons. The SMILES string of the molecule is CCc1c(/C(C)=C\C(=O)N2CCOCC2)oc2ccccc12. The third-order valence-corrected chi connectivity index (χ3v) is 4.07. The quantitative estimate of drug-likeness (QED) is 0.817. The lowest BCUT2D eigenvalue weighted by Gasteiger charge is -2.25. The molecule has 1 fully saturated rings. The van der Waals surface area contributed by atoms with Crippen LogP contribution in [0.4, 0.5) is 0 Å². The van der Waals surface area contributed by atoms with Crippen molar-refractivity contribution in [3.63, 3.8) is 0 Å². The number of hydrogen-bond acceptors (Lipinski definition) is 3. The number of nitrogens with zero attached hydrogens (tertiary/aromatic N) is 1. The Morgan fingerprint density at radius 3 is 2.73 bits per heavy atom. The average molecular weight is 299 g/mol. The number of morpholine rings is 1. The number of furan rings is 1. The number of para-hydroxylation sites is 1. The van der Waals surface area contributed by atoms with Crippen LogP contribution in [0.25, 0.3) is 16.5 Å². The van der Waals surface area contributed by atoms with Gasteiger partial charge in [-0.25, -0.2) is 0 Å². The summed E-state index contributed by atoms with van der Waals surface area (Å²) in [6.07, 6.45) is 2.56. The van der Waals surface area contributed by atoms with Gasteiger partial charge in [0.05, 0.1) is 13.2 Å². The van der Waals surface area contributed by atoms with Gasteiger partial charge in [0.1, 0.15) is 11.3 Å². The number of ether oxygens (including phenoxy) is 1. The smallest absolute Gasteiger partial charge is 0.247 e. The first kappa shape index (κ1) is 14.9. The van der Waals surface area contributed by atoms with Crippen molar-refractivity contribution in [1.82, 2.24) is 4.90 Å². The Morgan fingerprint density at radius 1 is 1.27 bits per heavy atom. The summed E-state index contributed by atoms with van der Waals surface area (Å²) in [7, 11) is 0. The number of aryl methyl sites for hydroxylation is 1. The standard InChI is InChI=1S/C18H21NO3/c1-3-14-15-6-4-5-7-16(15)22-18(14)13(2)12-17(20)19-8-10-21-11-9-19/h4-7,12H,3,8-11H2,1-2H3/b13-12-. The summed E-state index contributed by atoms with van der Waals surface area (Å²) in [4.78, 5) is 14.2. The highest BCUT2D eigenvalue weighted by atomic mass is 16.5. The molecule has 0 radical (unpaired) electrons. The van der Waals surface area contributed by atoms with Crippen LogP contribution < -0.4 is 0 Å². The van der Waals surface area contributed by atoms with Crippen molar-refractivity contribution in [2.24, 2.45) is 0 Å². The van der Waals surface area contributed by atoms with E-state index < -0.39 is 0 Å². The second-order valence-corrected chi connectivity index (χ2v) is 5.52. The fraction of sp³-hybridized carbons (Fsp3) is 0.389. The summed E-state index contributed by atoms with van der Waals surface area (Å²) >= 11 is 0. The van der Waals surface area contributed by atoms with Gasteiger partial charge in [-0.05, 0) is 25.0 Å². The molecule has 0 saturated carbocycles. The number of amides is 1. The Labute approximate surface area is 130 Å². The summed E-state index contributed by atoms with van der Waals surface area (Å²) in [5, 5.41) is 1.13. The van der Waals surface area contributed by atoms with E-state index in [0.717, 1.165) is 28.7 Å². The molecule has 0 atom stereocenters. The molecule has 0 aliphatic carbocycles. The van der Waals surface area contributed by atoms with E-state index in [0.29, 0.717) is 26.3 Å². The zero-order valence-corrected chi connectivity index (χ0v) is 13.1. The molecule has 2 aromatic rings. The number of hydrogen-bond donors (Lipinski definition) is 0. The summed E-state index contributed by atoms with van der Waals surface area (Å²) in [6, 6.07) is 8.01. The van der Waals surface area contributed by atoms with Gasteiger partial charge in [0.15, 0.2) is 0 Å². The third-order valence-electron chi connectivity index (χ3n) is 4.07. The van der Waals surface area contributed by atoms with Gasteiger partial charge in [0, 0.05) is 30.1 Å². The van der Waals surface area contributed by atoms with Crippen LogP contribution in [0, 0.1) is 0 Å². The minimum atomic E-state index is 0.0308. The fourth-order valence-corrected chi connectivity index (χ4v) is 2.89. The van der Waals surface area contributed by atoms with E-state index in [9.17, 15) is 4.79 Å². The molecule has 1 aromatic heterocycles. The Morgan fingerprint density at radius 2 is 2.00 bits per heavy atom. The lowest BCUT2D eigenvalue weighted by atomic mass is 10.0. The van der Waals surface area contributed by atoms with Crippen LogP contribution in [0.2, 0.25) is 0 Å². The zero-order valence-electron chi connectivity index (χ0n) is 13.1. The van der Waals surface area contributed by atoms with Crippen LogP contribution in [0.3, 0.4) is 0 Å². The van der Waals surface area contributed by atoms with Crippen LogP contribution >= 0.6 is 0 Å². The maximum Gasteiger partial charge on any atom is 0.247 e. The van der Waals surface area contributed by atoms with Gasteiger partial charge in [0.25, 0.3) is 0 Å². The van der Waals surface area contributed by atoms with E-state index in [1.54, 1.807) is 6.08 Å². The number of fused-ring (bicyclic) bond motifs is 1. The molecule has 1 aliphatic heterocycles. The lowest BCUT2D eigenvalue weighted by Crippen LogP contribution is -2.39. The van der Waals surface area contributed by atoms with Crippen molar-refractivity contribution >= 4 is 22.4 Å². The van der Waals surface area contributed by atoms with Crippen LogP contribution in [0.5, 0.6) is 0 Å². The first-order valence-corrected chi connectivity index (χ1v) is 7.76. The molecule has 3 rings (SSSR count). The molecule has 1 aliphatic rings. The highest BCUT2D eigenvalue weighted by molar-refractivity contribution is 5.96. The van der Waals surface area contributed by atoms with Crippen molar-refractivity contribution in [3.8, 4) is 0 Å². The molecule has 0 bridgehead atoms. The minimum Gasteiger partial charge on any atom is -0.456 e. The van der Waals surface area contributed by atoms with Gasteiger partial charge in [-0.3, -0.25) is 4.79 Å². The van der Waals surface area contributed by atoms with Crippen LogP contribution in [-0.2, 0) is 16.0 Å². The first-order valence-electron chi connectivity index (χ1n) is 7.76. The summed E-state index contributed by atoms with van der Waals surface area (Å²) in [6.45, 7) is 6.59. The van der Waals surface area contributed by atoms with E-state index in [4.69, 9.17) is 9.15 Å². The summed E-state index contributed by atoms with van der Waals surface area (Å²) in [5.41, 5.74) is 2.92. The summed E-state index contributed by atoms with van der Waals surface area (Å²) < 4.78 is 11.3. The topological polar surface area (TPSA) is 42.7 Å². The van der Waals surface area contributed by atoms with Crippen LogP contribution in [0.15, 0.2) is 34.8 Å². The van der Waals surface area contributed by atoms with E-state index in [-0.39, 0.29) is 5.91 Å². The van der Waals surface area contributed by atoms with E-state index in [1.165, 1.54) is 5.56 Å². The predicted molar refractivity (Wildman–Crippen MR) is 86.6 cm³/mol. The molecule has 4 nitrogen and oxygen atoms in total. The molecule has 0 unspecified atom stereocenters. The minimum absolute atomic E-state index is 0.0308. The van der Waals surface area contributed by atoms with Gasteiger partial charge in [0.2, 0.25) is 5.91 Å². The van der Waals surface area contributed by atoms with Crippen LogP contribution in [0.1, 0.15) is 25.2 Å². The largest absolute Gasteiger partial charge is 0.456 e. The third kappa shape index (κ3) is 2.79. The maximum absolute atomic E-state index is 12.3. The van der Waals surface area contributed by atoms with E-state index in [2.05, 4.69) is 13.0 Å². The Balaban J connectivity index is 1.92. The van der Waals surface area contributed by atoms with Crippen molar-refractivity contribution < 1.29 is 13.9 Å². The molecular weight excluding hydrogens is 278 g/mol. The van der Waals surface area contributed by atoms with Gasteiger partial charge in [-0.2, -0.15) is 0 Å². The first-order chi connectivity index (χ1) is 10.7. The lowest BCUT2D eigenvalue weighted by molar-refractivity contribution is -0.129. The number of allylic oxidation sites excluding steroid dienone is 1. The summed E-state index contributed by atoms with van der Waals surface area (Å²) in [5.74, 6) is 0.855. The number of rotatable bonds is 3. The number of carbonyl (C=O) groups is 1. The molecule has 0 spiro atoms.